The van der Waals surface area contributed by atoms with Crippen LogP contribution in [0, 0.1) is 0 Å². The van der Waals surface area contributed by atoms with Crippen molar-refractivity contribution < 1.29 is 18.7 Å². The number of rotatable bonds is 6. The fraction of sp³-hybridized carbons (Fsp3) is 0.333. The van der Waals surface area contributed by atoms with Crippen LogP contribution >= 0.6 is 0 Å². The van der Waals surface area contributed by atoms with E-state index >= 15 is 0 Å². The molecule has 0 atom stereocenters. The molecule has 2 heterocycles. The molecule has 7 nitrogen and oxygen atoms in total. The fourth-order valence-electron chi connectivity index (χ4n) is 2.65. The maximum Gasteiger partial charge on any atom is 0.291 e. The first kappa shape index (κ1) is 17.0. The summed E-state index contributed by atoms with van der Waals surface area (Å²) in [7, 11) is 0. The molecule has 1 saturated heterocycles. The van der Waals surface area contributed by atoms with Crippen LogP contribution in [-0.4, -0.2) is 37.6 Å². The normalized spacial score (nSPS) is 14.7. The van der Waals surface area contributed by atoms with Gasteiger partial charge < -0.3 is 25.1 Å². The molecule has 0 aliphatic carbocycles. The van der Waals surface area contributed by atoms with E-state index in [1.54, 1.807) is 36.4 Å². The lowest BCUT2D eigenvalue weighted by atomic mass is 10.1. The Bertz CT molecular complexity index is 709. The zero-order valence-electron chi connectivity index (χ0n) is 13.8. The molecule has 2 aromatic rings. The molecule has 3 rings (SSSR count). The van der Waals surface area contributed by atoms with Gasteiger partial charge in [-0.3, -0.25) is 9.59 Å². The van der Waals surface area contributed by atoms with Crippen LogP contribution < -0.4 is 20.7 Å². The van der Waals surface area contributed by atoms with Gasteiger partial charge in [-0.1, -0.05) is 6.07 Å². The van der Waals surface area contributed by atoms with Crippen molar-refractivity contribution in [3.63, 3.8) is 0 Å². The van der Waals surface area contributed by atoms with Gasteiger partial charge in [0.05, 0.1) is 6.26 Å². The minimum Gasteiger partial charge on any atom is -0.484 e. The number of piperidine rings is 1. The molecule has 132 valence electrons. The van der Waals surface area contributed by atoms with Crippen LogP contribution in [0.5, 0.6) is 5.75 Å². The summed E-state index contributed by atoms with van der Waals surface area (Å²) in [6, 6.07) is 10.3. The first-order chi connectivity index (χ1) is 12.2. The largest absolute Gasteiger partial charge is 0.484 e. The third-order valence-electron chi connectivity index (χ3n) is 3.91. The highest BCUT2D eigenvalue weighted by Gasteiger charge is 2.15. The predicted molar refractivity (Wildman–Crippen MR) is 92.6 cm³/mol. The Kier molecular flexibility index (Phi) is 5.69. The second-order valence-corrected chi connectivity index (χ2v) is 5.84. The summed E-state index contributed by atoms with van der Waals surface area (Å²) in [5.41, 5.74) is 0.567. The van der Waals surface area contributed by atoms with Crippen molar-refractivity contribution in [2.75, 3.05) is 25.0 Å². The first-order valence-corrected chi connectivity index (χ1v) is 8.28. The zero-order chi connectivity index (χ0) is 17.5. The van der Waals surface area contributed by atoms with Crippen LogP contribution in [0.3, 0.4) is 0 Å². The van der Waals surface area contributed by atoms with Crippen LogP contribution in [-0.2, 0) is 4.79 Å². The maximum absolute atomic E-state index is 12.0. The van der Waals surface area contributed by atoms with Gasteiger partial charge in [0.2, 0.25) is 0 Å². The number of nitrogens with one attached hydrogen (secondary N) is 3. The average molecular weight is 343 g/mol. The van der Waals surface area contributed by atoms with Crippen LogP contribution in [0.4, 0.5) is 5.69 Å². The number of carbonyl (C=O) groups is 2. The highest BCUT2D eigenvalue weighted by Crippen LogP contribution is 2.18. The highest BCUT2D eigenvalue weighted by atomic mass is 16.5. The lowest BCUT2D eigenvalue weighted by molar-refractivity contribution is -0.123. The maximum atomic E-state index is 12.0. The van der Waals surface area contributed by atoms with Gasteiger partial charge in [0, 0.05) is 17.8 Å². The summed E-state index contributed by atoms with van der Waals surface area (Å²) in [6.07, 6.45) is 3.30. The number of ether oxygens (including phenoxy) is 1. The molecular weight excluding hydrogens is 322 g/mol. The number of anilines is 1. The summed E-state index contributed by atoms with van der Waals surface area (Å²) in [6.45, 7) is 1.78. The minimum atomic E-state index is -0.342. The molecule has 25 heavy (non-hydrogen) atoms. The smallest absolute Gasteiger partial charge is 0.291 e. The summed E-state index contributed by atoms with van der Waals surface area (Å²) in [4.78, 5) is 23.9. The van der Waals surface area contributed by atoms with Crippen LogP contribution in [0.2, 0.25) is 0 Å². The van der Waals surface area contributed by atoms with Gasteiger partial charge in [-0.05, 0) is 50.2 Å². The van der Waals surface area contributed by atoms with E-state index in [4.69, 9.17) is 9.15 Å². The Balaban J connectivity index is 1.49. The molecule has 3 N–H and O–H groups in total. The number of benzene rings is 1. The molecule has 0 bridgehead atoms. The molecule has 0 radical (unpaired) electrons. The van der Waals surface area contributed by atoms with E-state index in [0.29, 0.717) is 11.4 Å². The van der Waals surface area contributed by atoms with Gasteiger partial charge in [0.1, 0.15) is 5.75 Å². The van der Waals surface area contributed by atoms with E-state index in [1.165, 1.54) is 6.26 Å². The van der Waals surface area contributed by atoms with E-state index < -0.39 is 0 Å². The third-order valence-corrected chi connectivity index (χ3v) is 3.91. The monoisotopic (exact) mass is 343 g/mol. The summed E-state index contributed by atoms with van der Waals surface area (Å²) in [5, 5.41) is 8.94. The number of hydrogen-bond acceptors (Lipinski definition) is 5. The highest BCUT2D eigenvalue weighted by molar-refractivity contribution is 6.02. The number of amides is 2. The molecule has 1 fully saturated rings. The minimum absolute atomic E-state index is 0.0560. The van der Waals surface area contributed by atoms with Crippen LogP contribution in [0.1, 0.15) is 23.4 Å². The van der Waals surface area contributed by atoms with E-state index in [2.05, 4.69) is 16.0 Å². The molecule has 1 aliphatic heterocycles. The second kappa shape index (κ2) is 8.34. The predicted octanol–water partition coefficient (Wildman–Crippen LogP) is 1.78. The van der Waals surface area contributed by atoms with Crippen molar-refractivity contribution >= 4 is 17.5 Å². The van der Waals surface area contributed by atoms with Crippen molar-refractivity contribution in [1.29, 1.82) is 0 Å². The SMILES string of the molecule is O=C(COc1cccc(NC(=O)c2ccco2)c1)NC1CCNCC1. The van der Waals surface area contributed by atoms with Gasteiger partial charge in [-0.25, -0.2) is 0 Å². The average Bonchev–Trinajstić information content (AvgIpc) is 3.16. The second-order valence-electron chi connectivity index (χ2n) is 5.84. The molecule has 7 heteroatoms. The first-order valence-electron chi connectivity index (χ1n) is 8.28. The lowest BCUT2D eigenvalue weighted by Gasteiger charge is -2.23. The van der Waals surface area contributed by atoms with Crippen molar-refractivity contribution in [1.82, 2.24) is 10.6 Å². The summed E-state index contributed by atoms with van der Waals surface area (Å²) in [5.74, 6) is 0.258. The molecule has 0 spiro atoms. The standard InChI is InChI=1S/C18H21N3O4/c22-17(20-13-6-8-19-9-7-13)12-25-15-4-1-3-14(11-15)21-18(23)16-5-2-10-24-16/h1-5,10-11,13,19H,6-9,12H2,(H,20,22)(H,21,23). The van der Waals surface area contributed by atoms with Gasteiger partial charge in [0.15, 0.2) is 12.4 Å². The van der Waals surface area contributed by atoms with E-state index in [9.17, 15) is 9.59 Å². The molecule has 1 aromatic carbocycles. The number of furan rings is 1. The quantitative estimate of drug-likeness (QED) is 0.743. The Labute approximate surface area is 145 Å². The van der Waals surface area contributed by atoms with E-state index in [0.717, 1.165) is 25.9 Å². The summed E-state index contributed by atoms with van der Waals surface area (Å²) < 4.78 is 10.6. The third kappa shape index (κ3) is 5.09. The van der Waals surface area contributed by atoms with Crippen molar-refractivity contribution in [2.45, 2.75) is 18.9 Å². The van der Waals surface area contributed by atoms with Gasteiger partial charge in [-0.2, -0.15) is 0 Å². The zero-order valence-corrected chi connectivity index (χ0v) is 13.8. The van der Waals surface area contributed by atoms with E-state index in [1.807, 2.05) is 0 Å². The number of hydrogen-bond donors (Lipinski definition) is 3. The van der Waals surface area contributed by atoms with E-state index in [-0.39, 0.29) is 30.2 Å². The number of carbonyl (C=O) groups excluding carboxylic acids is 2. The van der Waals surface area contributed by atoms with Gasteiger partial charge in [0.25, 0.3) is 11.8 Å². The molecule has 0 saturated carbocycles. The Morgan fingerprint density at radius 2 is 2.04 bits per heavy atom. The molecule has 2 amide bonds. The Morgan fingerprint density at radius 3 is 2.80 bits per heavy atom. The fourth-order valence-corrected chi connectivity index (χ4v) is 2.65. The summed E-state index contributed by atoms with van der Waals surface area (Å²) >= 11 is 0. The topological polar surface area (TPSA) is 92.6 Å². The molecule has 1 aliphatic rings. The van der Waals surface area contributed by atoms with Crippen LogP contribution in [0.25, 0.3) is 0 Å². The van der Waals surface area contributed by atoms with Crippen molar-refractivity contribution in [3.8, 4) is 5.75 Å². The van der Waals surface area contributed by atoms with Gasteiger partial charge in [-0.15, -0.1) is 0 Å². The van der Waals surface area contributed by atoms with Crippen molar-refractivity contribution in [3.05, 3.63) is 48.4 Å². The molecular formula is C18H21N3O4. The van der Waals surface area contributed by atoms with Crippen molar-refractivity contribution in [2.24, 2.45) is 0 Å². The lowest BCUT2D eigenvalue weighted by Crippen LogP contribution is -2.44. The van der Waals surface area contributed by atoms with Crippen LogP contribution in [0.15, 0.2) is 47.1 Å². The molecule has 1 aromatic heterocycles. The Hall–Kier alpha value is -2.80. The molecule has 0 unspecified atom stereocenters. The van der Waals surface area contributed by atoms with Gasteiger partial charge >= 0.3 is 0 Å². The Morgan fingerprint density at radius 1 is 1.20 bits per heavy atom.